The number of nitrogens with one attached hydrogen (secondary N) is 1. The van der Waals surface area contributed by atoms with Crippen molar-refractivity contribution in [3.63, 3.8) is 0 Å². The Bertz CT molecular complexity index is 386. The van der Waals surface area contributed by atoms with E-state index in [1.165, 1.54) is 12.1 Å². The van der Waals surface area contributed by atoms with Crippen molar-refractivity contribution in [2.24, 2.45) is 0 Å². The maximum Gasteiger partial charge on any atom is 0.296 e. The molecule has 1 saturated heterocycles. The highest BCUT2D eigenvalue weighted by Crippen LogP contribution is 2.27. The zero-order chi connectivity index (χ0) is 13.7. The summed E-state index contributed by atoms with van der Waals surface area (Å²) in [4.78, 5) is 0. The molecular formula is C14H19F2NO2. The molecule has 1 aromatic rings. The van der Waals surface area contributed by atoms with Crippen molar-refractivity contribution in [2.75, 3.05) is 26.3 Å². The lowest BCUT2D eigenvalue weighted by Gasteiger charge is -2.29. The number of rotatable bonds is 5. The number of hydrogen-bond acceptors (Lipinski definition) is 3. The number of hydrogen-bond donors (Lipinski definition) is 1. The molecule has 0 spiro atoms. The Hall–Kier alpha value is -1.04. The van der Waals surface area contributed by atoms with Crippen molar-refractivity contribution in [1.82, 2.24) is 5.32 Å². The van der Waals surface area contributed by atoms with Gasteiger partial charge in [0.25, 0.3) is 5.92 Å². The summed E-state index contributed by atoms with van der Waals surface area (Å²) in [5.74, 6) is -2.96. The van der Waals surface area contributed by atoms with Crippen molar-refractivity contribution in [1.29, 1.82) is 0 Å². The molecule has 0 aromatic heterocycles. The molecule has 1 aliphatic heterocycles. The van der Waals surface area contributed by atoms with Crippen LogP contribution in [0.15, 0.2) is 30.3 Å². The van der Waals surface area contributed by atoms with Gasteiger partial charge in [0.1, 0.15) is 6.61 Å². The van der Waals surface area contributed by atoms with E-state index in [4.69, 9.17) is 9.47 Å². The molecule has 2 unspecified atom stereocenters. The Kier molecular flexibility index (Phi) is 4.85. The molecule has 2 rings (SSSR count). The van der Waals surface area contributed by atoms with E-state index in [0.717, 1.165) is 6.54 Å². The molecule has 0 saturated carbocycles. The summed E-state index contributed by atoms with van der Waals surface area (Å²) in [5.41, 5.74) is -0.0222. The third-order valence-corrected chi connectivity index (χ3v) is 3.01. The molecule has 5 heteroatoms. The predicted octanol–water partition coefficient (Wildman–Crippen LogP) is 2.17. The molecule has 19 heavy (non-hydrogen) atoms. The van der Waals surface area contributed by atoms with Gasteiger partial charge >= 0.3 is 0 Å². The van der Waals surface area contributed by atoms with Gasteiger partial charge in [-0.15, -0.1) is 0 Å². The largest absolute Gasteiger partial charge is 0.372 e. The number of morpholine rings is 1. The van der Waals surface area contributed by atoms with Crippen LogP contribution >= 0.6 is 0 Å². The predicted molar refractivity (Wildman–Crippen MR) is 68.4 cm³/mol. The van der Waals surface area contributed by atoms with E-state index in [1.54, 1.807) is 18.2 Å². The molecular weight excluding hydrogens is 252 g/mol. The van der Waals surface area contributed by atoms with Gasteiger partial charge in [-0.2, -0.15) is 8.78 Å². The molecule has 1 fully saturated rings. The maximum absolute atomic E-state index is 13.8. The van der Waals surface area contributed by atoms with Crippen LogP contribution in [0.2, 0.25) is 0 Å². The number of ether oxygens (including phenoxy) is 2. The second kappa shape index (κ2) is 6.41. The van der Waals surface area contributed by atoms with Gasteiger partial charge < -0.3 is 14.8 Å². The van der Waals surface area contributed by atoms with Gasteiger partial charge in [-0.3, -0.25) is 0 Å². The summed E-state index contributed by atoms with van der Waals surface area (Å²) in [5, 5.41) is 3.17. The summed E-state index contributed by atoms with van der Waals surface area (Å²) < 4.78 is 38.3. The van der Waals surface area contributed by atoms with Crippen molar-refractivity contribution in [3.8, 4) is 0 Å². The van der Waals surface area contributed by atoms with Gasteiger partial charge in [0.05, 0.1) is 18.8 Å². The lowest BCUT2D eigenvalue weighted by atomic mass is 10.1. The zero-order valence-corrected chi connectivity index (χ0v) is 10.9. The fourth-order valence-corrected chi connectivity index (χ4v) is 2.05. The molecule has 1 aromatic carbocycles. The fraction of sp³-hybridized carbons (Fsp3) is 0.571. The summed E-state index contributed by atoms with van der Waals surface area (Å²) >= 11 is 0. The molecule has 0 bridgehead atoms. The second-order valence-corrected chi connectivity index (χ2v) is 4.81. The monoisotopic (exact) mass is 271 g/mol. The van der Waals surface area contributed by atoms with Crippen molar-refractivity contribution in [2.45, 2.75) is 25.1 Å². The van der Waals surface area contributed by atoms with Crippen molar-refractivity contribution >= 4 is 0 Å². The normalized spacial score (nSPS) is 24.4. The van der Waals surface area contributed by atoms with E-state index < -0.39 is 12.5 Å². The van der Waals surface area contributed by atoms with E-state index in [0.29, 0.717) is 6.54 Å². The molecule has 1 heterocycles. The van der Waals surface area contributed by atoms with Crippen LogP contribution in [0.1, 0.15) is 12.5 Å². The SMILES string of the molecule is CC1CNCC(COCC(F)(F)c2ccccc2)O1. The minimum atomic E-state index is -2.96. The summed E-state index contributed by atoms with van der Waals surface area (Å²) in [6.45, 7) is 2.93. The van der Waals surface area contributed by atoms with Gasteiger partial charge in [0.2, 0.25) is 0 Å². The first-order valence-corrected chi connectivity index (χ1v) is 6.45. The highest BCUT2D eigenvalue weighted by molar-refractivity contribution is 5.19. The quantitative estimate of drug-likeness (QED) is 0.890. The molecule has 3 nitrogen and oxygen atoms in total. The summed E-state index contributed by atoms with van der Waals surface area (Å²) in [6.07, 6.45) is -0.0627. The van der Waals surface area contributed by atoms with E-state index >= 15 is 0 Å². The van der Waals surface area contributed by atoms with Gasteiger partial charge in [-0.05, 0) is 6.92 Å². The Labute approximate surface area is 111 Å². The Morgan fingerprint density at radius 2 is 2.05 bits per heavy atom. The number of alkyl halides is 2. The topological polar surface area (TPSA) is 30.5 Å². The van der Waals surface area contributed by atoms with Crippen LogP contribution in [0.4, 0.5) is 8.78 Å². The van der Waals surface area contributed by atoms with Crippen LogP contribution in [0.3, 0.4) is 0 Å². The van der Waals surface area contributed by atoms with Crippen LogP contribution in [0.25, 0.3) is 0 Å². The molecule has 0 radical (unpaired) electrons. The number of halogens is 2. The minimum absolute atomic E-state index is 0.0222. The average Bonchev–Trinajstić information content (AvgIpc) is 2.40. The Balaban J connectivity index is 1.78. The van der Waals surface area contributed by atoms with E-state index in [9.17, 15) is 8.78 Å². The van der Waals surface area contributed by atoms with Gasteiger partial charge in [-0.25, -0.2) is 0 Å². The average molecular weight is 271 g/mol. The van der Waals surface area contributed by atoms with Crippen molar-refractivity contribution < 1.29 is 18.3 Å². The number of benzene rings is 1. The van der Waals surface area contributed by atoms with E-state index in [2.05, 4.69) is 5.32 Å². The van der Waals surface area contributed by atoms with Gasteiger partial charge in [0, 0.05) is 18.7 Å². The highest BCUT2D eigenvalue weighted by atomic mass is 19.3. The van der Waals surface area contributed by atoms with Crippen LogP contribution in [-0.4, -0.2) is 38.5 Å². The molecule has 1 N–H and O–H groups in total. The third-order valence-electron chi connectivity index (χ3n) is 3.01. The summed E-state index contributed by atoms with van der Waals surface area (Å²) in [6, 6.07) is 7.72. The Morgan fingerprint density at radius 1 is 1.32 bits per heavy atom. The second-order valence-electron chi connectivity index (χ2n) is 4.81. The van der Waals surface area contributed by atoms with E-state index in [-0.39, 0.29) is 24.4 Å². The maximum atomic E-state index is 13.8. The third kappa shape index (κ3) is 4.23. The van der Waals surface area contributed by atoms with Crippen molar-refractivity contribution in [3.05, 3.63) is 35.9 Å². The molecule has 1 aliphatic rings. The lowest BCUT2D eigenvalue weighted by molar-refractivity contribution is -0.118. The van der Waals surface area contributed by atoms with Crippen LogP contribution in [0, 0.1) is 0 Å². The highest BCUT2D eigenvalue weighted by Gasteiger charge is 2.32. The van der Waals surface area contributed by atoms with E-state index in [1.807, 2.05) is 6.92 Å². The Morgan fingerprint density at radius 3 is 2.74 bits per heavy atom. The van der Waals surface area contributed by atoms with Crippen LogP contribution in [0.5, 0.6) is 0 Å². The van der Waals surface area contributed by atoms with Gasteiger partial charge in [0.15, 0.2) is 0 Å². The minimum Gasteiger partial charge on any atom is -0.372 e. The molecule has 106 valence electrons. The zero-order valence-electron chi connectivity index (χ0n) is 10.9. The molecule has 0 amide bonds. The molecule has 2 atom stereocenters. The standard InChI is InChI=1S/C14H19F2NO2/c1-11-7-17-8-13(19-11)9-18-10-14(15,16)12-5-3-2-4-6-12/h2-6,11,13,17H,7-10H2,1H3. The smallest absolute Gasteiger partial charge is 0.296 e. The lowest BCUT2D eigenvalue weighted by Crippen LogP contribution is -2.45. The fourth-order valence-electron chi connectivity index (χ4n) is 2.05. The van der Waals surface area contributed by atoms with Crippen LogP contribution < -0.4 is 5.32 Å². The molecule has 0 aliphatic carbocycles. The first kappa shape index (κ1) is 14.4. The summed E-state index contributed by atoms with van der Waals surface area (Å²) in [7, 11) is 0. The first-order chi connectivity index (χ1) is 9.08. The van der Waals surface area contributed by atoms with Gasteiger partial charge in [-0.1, -0.05) is 30.3 Å². The first-order valence-electron chi connectivity index (χ1n) is 6.45. The van der Waals surface area contributed by atoms with Crippen LogP contribution in [-0.2, 0) is 15.4 Å².